The Hall–Kier alpha value is -2.54. The van der Waals surface area contributed by atoms with E-state index in [9.17, 15) is 13.2 Å². The lowest BCUT2D eigenvalue weighted by Crippen LogP contribution is -2.33. The van der Waals surface area contributed by atoms with Crippen LogP contribution in [-0.2, 0) is 21.2 Å². The Morgan fingerprint density at radius 2 is 1.87 bits per heavy atom. The molecule has 0 aliphatic rings. The monoisotopic (exact) mass is 432 g/mol. The number of nitrogens with zero attached hydrogens (tertiary/aromatic N) is 1. The molecular weight excluding hydrogens is 400 g/mol. The second kappa shape index (κ2) is 11.6. The maximum Gasteiger partial charge on any atom is 0.232 e. The molecule has 0 radical (unpaired) electrons. The summed E-state index contributed by atoms with van der Waals surface area (Å²) in [6, 6.07) is 15.3. The van der Waals surface area contributed by atoms with E-state index >= 15 is 0 Å². The standard InChI is InChI=1S/C23H32N2O4S/c1-4-7-20-11-13-22(14-12-20)29-17-15-24-23(26)10-6-16-25(30(3,27)28)21-9-5-8-19(2)18-21/h5,8-9,11-14,18H,4,6-7,10,15-17H2,1-3H3,(H,24,26). The molecule has 0 atom stereocenters. The lowest BCUT2D eigenvalue weighted by atomic mass is 10.1. The number of carbonyl (C=O) groups excluding carboxylic acids is 1. The van der Waals surface area contributed by atoms with Gasteiger partial charge in [-0.3, -0.25) is 9.10 Å². The van der Waals surface area contributed by atoms with Gasteiger partial charge in [-0.05, 0) is 55.2 Å². The summed E-state index contributed by atoms with van der Waals surface area (Å²) in [5.41, 5.74) is 2.89. The van der Waals surface area contributed by atoms with E-state index in [0.29, 0.717) is 25.3 Å². The molecule has 1 N–H and O–H groups in total. The van der Waals surface area contributed by atoms with Gasteiger partial charge in [0.2, 0.25) is 15.9 Å². The fraction of sp³-hybridized carbons (Fsp3) is 0.435. The highest BCUT2D eigenvalue weighted by atomic mass is 32.2. The molecule has 164 valence electrons. The molecule has 0 aliphatic heterocycles. The van der Waals surface area contributed by atoms with Gasteiger partial charge in [-0.2, -0.15) is 0 Å². The minimum atomic E-state index is -3.41. The second-order valence-corrected chi connectivity index (χ2v) is 9.28. The maximum atomic E-state index is 12.1. The first-order chi connectivity index (χ1) is 14.3. The molecule has 2 aromatic rings. The van der Waals surface area contributed by atoms with Crippen molar-refractivity contribution in [1.82, 2.24) is 5.32 Å². The normalized spacial score (nSPS) is 11.2. The molecule has 2 rings (SSSR count). The maximum absolute atomic E-state index is 12.1. The number of ether oxygens (including phenoxy) is 1. The highest BCUT2D eigenvalue weighted by Crippen LogP contribution is 2.19. The summed E-state index contributed by atoms with van der Waals surface area (Å²) in [4.78, 5) is 12.1. The Morgan fingerprint density at radius 3 is 2.50 bits per heavy atom. The molecule has 0 saturated carbocycles. The fourth-order valence-corrected chi connectivity index (χ4v) is 4.10. The van der Waals surface area contributed by atoms with Gasteiger partial charge < -0.3 is 10.1 Å². The molecule has 0 spiro atoms. The number of anilines is 1. The summed E-state index contributed by atoms with van der Waals surface area (Å²) in [6.45, 7) is 5.12. The predicted octanol–water partition coefficient (Wildman–Crippen LogP) is 3.69. The molecule has 1 amide bonds. The van der Waals surface area contributed by atoms with Crippen molar-refractivity contribution >= 4 is 21.6 Å². The summed E-state index contributed by atoms with van der Waals surface area (Å²) in [6.07, 6.45) is 4.04. The lowest BCUT2D eigenvalue weighted by molar-refractivity contribution is -0.121. The van der Waals surface area contributed by atoms with Gasteiger partial charge in [0.15, 0.2) is 0 Å². The van der Waals surface area contributed by atoms with Crippen LogP contribution in [0.3, 0.4) is 0 Å². The van der Waals surface area contributed by atoms with Crippen LogP contribution in [0.2, 0.25) is 0 Å². The summed E-state index contributed by atoms with van der Waals surface area (Å²) >= 11 is 0. The number of aryl methyl sites for hydroxylation is 2. The quantitative estimate of drug-likeness (QED) is 0.519. The number of benzene rings is 2. The van der Waals surface area contributed by atoms with E-state index in [1.165, 1.54) is 16.1 Å². The van der Waals surface area contributed by atoms with Crippen molar-refractivity contribution in [2.75, 3.05) is 30.3 Å². The van der Waals surface area contributed by atoms with Gasteiger partial charge in [0.1, 0.15) is 12.4 Å². The number of carbonyl (C=O) groups is 1. The molecule has 0 aromatic heterocycles. The summed E-state index contributed by atoms with van der Waals surface area (Å²) in [7, 11) is -3.41. The molecule has 0 heterocycles. The van der Waals surface area contributed by atoms with Crippen LogP contribution in [0.5, 0.6) is 5.75 Å². The Morgan fingerprint density at radius 1 is 1.13 bits per heavy atom. The first-order valence-electron chi connectivity index (χ1n) is 10.3. The lowest BCUT2D eigenvalue weighted by Gasteiger charge is -2.22. The van der Waals surface area contributed by atoms with Gasteiger partial charge in [-0.25, -0.2) is 8.42 Å². The molecule has 0 bridgehead atoms. The van der Waals surface area contributed by atoms with Crippen molar-refractivity contribution in [2.24, 2.45) is 0 Å². The summed E-state index contributed by atoms with van der Waals surface area (Å²) in [5, 5.41) is 2.81. The van der Waals surface area contributed by atoms with Gasteiger partial charge >= 0.3 is 0 Å². The molecule has 0 fully saturated rings. The number of amides is 1. The zero-order chi connectivity index (χ0) is 22.0. The van der Waals surface area contributed by atoms with E-state index in [1.807, 2.05) is 37.3 Å². The van der Waals surface area contributed by atoms with Crippen LogP contribution >= 0.6 is 0 Å². The Balaban J connectivity index is 1.71. The van der Waals surface area contributed by atoms with Gasteiger partial charge in [-0.1, -0.05) is 37.6 Å². The molecule has 0 unspecified atom stereocenters. The van der Waals surface area contributed by atoms with Crippen LogP contribution in [0.1, 0.15) is 37.3 Å². The first kappa shape index (κ1) is 23.7. The molecule has 7 heteroatoms. The van der Waals surface area contributed by atoms with Crippen LogP contribution in [0.25, 0.3) is 0 Å². The molecule has 0 aliphatic carbocycles. The van der Waals surface area contributed by atoms with Crippen molar-refractivity contribution in [3.05, 3.63) is 59.7 Å². The number of nitrogens with one attached hydrogen (secondary N) is 1. The van der Waals surface area contributed by atoms with Crippen LogP contribution in [0, 0.1) is 6.92 Å². The Labute approximate surface area is 180 Å². The predicted molar refractivity (Wildman–Crippen MR) is 122 cm³/mol. The van der Waals surface area contributed by atoms with E-state index in [-0.39, 0.29) is 18.9 Å². The smallest absolute Gasteiger partial charge is 0.232 e. The minimum Gasteiger partial charge on any atom is -0.492 e. The Bertz CT molecular complexity index is 911. The third-order valence-electron chi connectivity index (χ3n) is 4.61. The largest absolute Gasteiger partial charge is 0.492 e. The Kier molecular flexibility index (Phi) is 9.17. The fourth-order valence-electron chi connectivity index (χ4n) is 3.14. The van der Waals surface area contributed by atoms with Crippen molar-refractivity contribution in [3.63, 3.8) is 0 Å². The molecular formula is C23H32N2O4S. The second-order valence-electron chi connectivity index (χ2n) is 7.37. The van der Waals surface area contributed by atoms with Gasteiger partial charge in [0.25, 0.3) is 0 Å². The van der Waals surface area contributed by atoms with Gasteiger partial charge in [-0.15, -0.1) is 0 Å². The van der Waals surface area contributed by atoms with Gasteiger partial charge in [0, 0.05) is 13.0 Å². The third kappa shape index (κ3) is 8.06. The van der Waals surface area contributed by atoms with Crippen molar-refractivity contribution in [2.45, 2.75) is 39.5 Å². The van der Waals surface area contributed by atoms with E-state index in [0.717, 1.165) is 24.2 Å². The molecule has 6 nitrogen and oxygen atoms in total. The number of hydrogen-bond donors (Lipinski definition) is 1. The minimum absolute atomic E-state index is 0.116. The summed E-state index contributed by atoms with van der Waals surface area (Å²) < 4.78 is 31.3. The first-order valence-corrected chi connectivity index (χ1v) is 12.2. The topological polar surface area (TPSA) is 75.7 Å². The molecule has 0 saturated heterocycles. The molecule has 30 heavy (non-hydrogen) atoms. The number of hydrogen-bond acceptors (Lipinski definition) is 4. The average Bonchev–Trinajstić information content (AvgIpc) is 2.69. The van der Waals surface area contributed by atoms with Crippen molar-refractivity contribution in [1.29, 1.82) is 0 Å². The van der Waals surface area contributed by atoms with E-state index < -0.39 is 10.0 Å². The van der Waals surface area contributed by atoms with Crippen LogP contribution in [0.15, 0.2) is 48.5 Å². The highest BCUT2D eigenvalue weighted by molar-refractivity contribution is 7.92. The van der Waals surface area contributed by atoms with E-state index in [4.69, 9.17) is 4.74 Å². The summed E-state index contributed by atoms with van der Waals surface area (Å²) in [5.74, 6) is 0.667. The van der Waals surface area contributed by atoms with Crippen LogP contribution in [0.4, 0.5) is 5.69 Å². The number of sulfonamides is 1. The zero-order valence-corrected chi connectivity index (χ0v) is 18.9. The SMILES string of the molecule is CCCc1ccc(OCCNC(=O)CCCN(c2cccc(C)c2)S(C)(=O)=O)cc1. The average molecular weight is 433 g/mol. The van der Waals surface area contributed by atoms with E-state index in [2.05, 4.69) is 24.4 Å². The third-order valence-corrected chi connectivity index (χ3v) is 5.80. The van der Waals surface area contributed by atoms with Crippen LogP contribution < -0.4 is 14.4 Å². The highest BCUT2D eigenvalue weighted by Gasteiger charge is 2.17. The van der Waals surface area contributed by atoms with Crippen molar-refractivity contribution < 1.29 is 17.9 Å². The number of rotatable bonds is 12. The van der Waals surface area contributed by atoms with Crippen LogP contribution in [-0.4, -0.2) is 40.3 Å². The van der Waals surface area contributed by atoms with Gasteiger partial charge in [0.05, 0.1) is 18.5 Å². The zero-order valence-electron chi connectivity index (χ0n) is 18.1. The molecule has 2 aromatic carbocycles. The van der Waals surface area contributed by atoms with Crippen molar-refractivity contribution in [3.8, 4) is 5.75 Å². The van der Waals surface area contributed by atoms with E-state index in [1.54, 1.807) is 6.07 Å².